The Balaban J connectivity index is 1.36. The Morgan fingerprint density at radius 2 is 1.58 bits per heavy atom. The number of carbonyl (C=O) groups excluding carboxylic acids is 1. The first-order valence-corrected chi connectivity index (χ1v) is 11.4. The van der Waals surface area contributed by atoms with Crippen LogP contribution in [0.1, 0.15) is 0 Å². The topological polar surface area (TPSA) is 78.3 Å². The summed E-state index contributed by atoms with van der Waals surface area (Å²) in [5.41, 5.74) is 1.67. The largest absolute Gasteiger partial charge is 0.457 e. The lowest BCUT2D eigenvalue weighted by Gasteiger charge is -2.10. The standard InChI is InChI=1S/C25H24N4O3S/c1-31-17-16-29-24(19-8-4-2-5-9-19)27-28-25(29)33-18-23(30)26-20-12-14-22(15-13-20)32-21-10-6-3-7-11-21/h2-15H,16-18H2,1H3,(H,26,30). The van der Waals surface area contributed by atoms with Crippen LogP contribution in [-0.4, -0.2) is 40.1 Å². The molecule has 7 nitrogen and oxygen atoms in total. The number of aromatic nitrogens is 3. The van der Waals surface area contributed by atoms with Gasteiger partial charge in [-0.05, 0) is 36.4 Å². The Bertz CT molecular complexity index is 1170. The van der Waals surface area contributed by atoms with Crippen LogP contribution in [0.15, 0.2) is 90.1 Å². The van der Waals surface area contributed by atoms with Crippen LogP contribution in [0.3, 0.4) is 0 Å². The molecule has 168 valence electrons. The summed E-state index contributed by atoms with van der Waals surface area (Å²) in [6.45, 7) is 1.12. The average molecular weight is 461 g/mol. The lowest BCUT2D eigenvalue weighted by atomic mass is 10.2. The molecule has 3 aromatic carbocycles. The van der Waals surface area contributed by atoms with E-state index in [9.17, 15) is 4.79 Å². The van der Waals surface area contributed by atoms with Gasteiger partial charge in [0.25, 0.3) is 0 Å². The van der Waals surface area contributed by atoms with Crippen LogP contribution in [0.5, 0.6) is 11.5 Å². The molecule has 0 saturated carbocycles. The highest BCUT2D eigenvalue weighted by molar-refractivity contribution is 7.99. The van der Waals surface area contributed by atoms with Gasteiger partial charge in [-0.3, -0.25) is 9.36 Å². The van der Waals surface area contributed by atoms with Crippen molar-refractivity contribution in [3.63, 3.8) is 0 Å². The van der Waals surface area contributed by atoms with Crippen LogP contribution in [0.4, 0.5) is 5.69 Å². The minimum atomic E-state index is -0.126. The summed E-state index contributed by atoms with van der Waals surface area (Å²) < 4.78 is 13.0. The summed E-state index contributed by atoms with van der Waals surface area (Å²) in [6, 6.07) is 26.7. The van der Waals surface area contributed by atoms with Gasteiger partial charge in [-0.15, -0.1) is 10.2 Å². The summed E-state index contributed by atoms with van der Waals surface area (Å²) in [5.74, 6) is 2.30. The number of ether oxygens (including phenoxy) is 2. The molecule has 33 heavy (non-hydrogen) atoms. The molecule has 0 radical (unpaired) electrons. The molecule has 0 unspecified atom stereocenters. The van der Waals surface area contributed by atoms with Crippen molar-refractivity contribution >= 4 is 23.4 Å². The van der Waals surface area contributed by atoms with Crippen molar-refractivity contribution in [1.82, 2.24) is 14.8 Å². The number of amides is 1. The van der Waals surface area contributed by atoms with Gasteiger partial charge in [-0.25, -0.2) is 0 Å². The van der Waals surface area contributed by atoms with E-state index < -0.39 is 0 Å². The zero-order valence-corrected chi connectivity index (χ0v) is 19.0. The van der Waals surface area contributed by atoms with Gasteiger partial charge < -0.3 is 14.8 Å². The maximum absolute atomic E-state index is 12.5. The summed E-state index contributed by atoms with van der Waals surface area (Å²) in [7, 11) is 1.66. The van der Waals surface area contributed by atoms with Crippen molar-refractivity contribution < 1.29 is 14.3 Å². The summed E-state index contributed by atoms with van der Waals surface area (Å²) >= 11 is 1.34. The minimum absolute atomic E-state index is 0.126. The third kappa shape index (κ3) is 6.21. The van der Waals surface area contributed by atoms with Gasteiger partial charge in [0, 0.05) is 18.4 Å². The van der Waals surface area contributed by atoms with Crippen LogP contribution in [0.2, 0.25) is 0 Å². The Kier molecular flexibility index (Phi) is 7.73. The fourth-order valence-corrected chi connectivity index (χ4v) is 3.90. The van der Waals surface area contributed by atoms with Crippen molar-refractivity contribution in [2.24, 2.45) is 0 Å². The highest BCUT2D eigenvalue weighted by Gasteiger charge is 2.15. The molecule has 0 aliphatic rings. The Morgan fingerprint density at radius 3 is 2.27 bits per heavy atom. The Hall–Kier alpha value is -3.62. The molecule has 0 aliphatic carbocycles. The van der Waals surface area contributed by atoms with E-state index >= 15 is 0 Å². The van der Waals surface area contributed by atoms with Gasteiger partial charge >= 0.3 is 0 Å². The number of nitrogens with one attached hydrogen (secondary N) is 1. The molecule has 0 atom stereocenters. The maximum Gasteiger partial charge on any atom is 0.234 e. The number of anilines is 1. The van der Waals surface area contributed by atoms with Crippen LogP contribution in [-0.2, 0) is 16.1 Å². The van der Waals surface area contributed by atoms with Crippen LogP contribution in [0, 0.1) is 0 Å². The van der Waals surface area contributed by atoms with Gasteiger partial charge in [-0.1, -0.05) is 60.3 Å². The van der Waals surface area contributed by atoms with E-state index in [-0.39, 0.29) is 11.7 Å². The SMILES string of the molecule is COCCn1c(SCC(=O)Nc2ccc(Oc3ccccc3)cc2)nnc1-c1ccccc1. The predicted octanol–water partition coefficient (Wildman–Crippen LogP) is 5.11. The average Bonchev–Trinajstić information content (AvgIpc) is 3.26. The molecule has 1 amide bonds. The maximum atomic E-state index is 12.5. The third-order valence-electron chi connectivity index (χ3n) is 4.72. The quantitative estimate of drug-likeness (QED) is 0.331. The van der Waals surface area contributed by atoms with E-state index in [1.165, 1.54) is 11.8 Å². The monoisotopic (exact) mass is 460 g/mol. The van der Waals surface area contributed by atoms with Gasteiger partial charge in [0.15, 0.2) is 11.0 Å². The molecule has 0 bridgehead atoms. The van der Waals surface area contributed by atoms with Crippen LogP contribution in [0.25, 0.3) is 11.4 Å². The fourth-order valence-electron chi connectivity index (χ4n) is 3.14. The van der Waals surface area contributed by atoms with Gasteiger partial charge in [-0.2, -0.15) is 0 Å². The molecule has 0 aliphatic heterocycles. The summed E-state index contributed by atoms with van der Waals surface area (Å²) in [6.07, 6.45) is 0. The van der Waals surface area contributed by atoms with Crippen LogP contribution >= 0.6 is 11.8 Å². The smallest absolute Gasteiger partial charge is 0.234 e. The fraction of sp³-hybridized carbons (Fsp3) is 0.160. The zero-order valence-electron chi connectivity index (χ0n) is 18.2. The first kappa shape index (κ1) is 22.6. The minimum Gasteiger partial charge on any atom is -0.457 e. The number of carbonyl (C=O) groups is 1. The number of methoxy groups -OCH3 is 1. The zero-order chi connectivity index (χ0) is 22.9. The lowest BCUT2D eigenvalue weighted by Crippen LogP contribution is -2.15. The Labute approximate surface area is 196 Å². The number of nitrogens with zero attached hydrogens (tertiary/aromatic N) is 3. The second kappa shape index (κ2) is 11.3. The van der Waals surface area contributed by atoms with Crippen LogP contribution < -0.4 is 10.1 Å². The molecule has 0 saturated heterocycles. The third-order valence-corrected chi connectivity index (χ3v) is 5.68. The molecule has 0 spiro atoms. The van der Waals surface area contributed by atoms with Crippen molar-refractivity contribution in [3.05, 3.63) is 84.9 Å². The van der Waals surface area contributed by atoms with Crippen molar-refractivity contribution in [3.8, 4) is 22.9 Å². The number of hydrogen-bond donors (Lipinski definition) is 1. The van der Waals surface area contributed by atoms with Crippen molar-refractivity contribution in [2.75, 3.05) is 24.8 Å². The molecule has 1 N–H and O–H groups in total. The first-order valence-electron chi connectivity index (χ1n) is 10.5. The molecule has 8 heteroatoms. The lowest BCUT2D eigenvalue weighted by molar-refractivity contribution is -0.113. The molecule has 1 aromatic heterocycles. The molecule has 1 heterocycles. The van der Waals surface area contributed by atoms with Crippen molar-refractivity contribution in [2.45, 2.75) is 11.7 Å². The van der Waals surface area contributed by atoms with E-state index in [2.05, 4.69) is 15.5 Å². The number of thioether (sulfide) groups is 1. The number of para-hydroxylation sites is 1. The number of hydrogen-bond acceptors (Lipinski definition) is 6. The Morgan fingerprint density at radius 1 is 0.909 bits per heavy atom. The van der Waals surface area contributed by atoms with E-state index in [0.29, 0.717) is 29.7 Å². The summed E-state index contributed by atoms with van der Waals surface area (Å²) in [5, 5.41) is 12.2. The molecule has 0 fully saturated rings. The predicted molar refractivity (Wildman–Crippen MR) is 130 cm³/mol. The highest BCUT2D eigenvalue weighted by Crippen LogP contribution is 2.25. The molecular weight excluding hydrogens is 436 g/mol. The first-order chi connectivity index (χ1) is 16.2. The summed E-state index contributed by atoms with van der Waals surface area (Å²) in [4.78, 5) is 12.5. The highest BCUT2D eigenvalue weighted by atomic mass is 32.2. The second-order valence-electron chi connectivity index (χ2n) is 7.09. The number of benzene rings is 3. The molecule has 4 rings (SSSR count). The number of rotatable bonds is 10. The second-order valence-corrected chi connectivity index (χ2v) is 8.04. The molecular formula is C25H24N4O3S. The van der Waals surface area contributed by atoms with E-state index in [1.54, 1.807) is 7.11 Å². The van der Waals surface area contributed by atoms with E-state index in [1.807, 2.05) is 89.5 Å². The van der Waals surface area contributed by atoms with Gasteiger partial charge in [0.2, 0.25) is 5.91 Å². The van der Waals surface area contributed by atoms with Crippen molar-refractivity contribution in [1.29, 1.82) is 0 Å². The van der Waals surface area contributed by atoms with E-state index in [4.69, 9.17) is 9.47 Å². The molecule has 4 aromatic rings. The normalized spacial score (nSPS) is 10.7. The van der Waals surface area contributed by atoms with Gasteiger partial charge in [0.1, 0.15) is 11.5 Å². The van der Waals surface area contributed by atoms with Gasteiger partial charge in [0.05, 0.1) is 18.9 Å². The van der Waals surface area contributed by atoms with E-state index in [0.717, 1.165) is 17.1 Å².